The molecule has 2 heterocycles. The summed E-state index contributed by atoms with van der Waals surface area (Å²) in [6.07, 6.45) is -4.77. The van der Waals surface area contributed by atoms with Crippen LogP contribution in [0.3, 0.4) is 0 Å². The van der Waals surface area contributed by atoms with Gasteiger partial charge in [0.1, 0.15) is 5.60 Å². The van der Waals surface area contributed by atoms with Gasteiger partial charge in [-0.2, -0.15) is 13.2 Å². The molecule has 0 N–H and O–H groups in total. The molecule has 0 unspecified atom stereocenters. The fourth-order valence-electron chi connectivity index (χ4n) is 3.04. The minimum absolute atomic E-state index is 0.212. The van der Waals surface area contributed by atoms with Gasteiger partial charge in [0, 0.05) is 26.2 Å². The number of amides is 1. The molecule has 1 fully saturated rings. The number of anilines is 1. The number of fused-ring (bicyclic) bond motifs is 1. The molecule has 28 heavy (non-hydrogen) atoms. The van der Waals surface area contributed by atoms with E-state index in [0.29, 0.717) is 43.2 Å². The first-order valence-corrected chi connectivity index (χ1v) is 9.02. The number of halogens is 3. The molecule has 1 aliphatic heterocycles. The molecule has 1 aromatic heterocycles. The van der Waals surface area contributed by atoms with Crippen molar-refractivity contribution in [1.82, 2.24) is 14.9 Å². The smallest absolute Gasteiger partial charge is 0.416 e. The van der Waals surface area contributed by atoms with Crippen molar-refractivity contribution in [2.75, 3.05) is 31.1 Å². The Balaban J connectivity index is 1.76. The van der Waals surface area contributed by atoms with Crippen LogP contribution < -0.4 is 4.90 Å². The van der Waals surface area contributed by atoms with Crippen molar-refractivity contribution in [2.24, 2.45) is 0 Å². The van der Waals surface area contributed by atoms with Crippen molar-refractivity contribution in [1.29, 1.82) is 0 Å². The fraction of sp³-hybridized carbons (Fsp3) is 0.526. The molecule has 152 valence electrons. The first kappa shape index (κ1) is 20.2. The molecule has 0 radical (unpaired) electrons. The Labute approximate surface area is 161 Å². The lowest BCUT2D eigenvalue weighted by atomic mass is 10.2. The van der Waals surface area contributed by atoms with E-state index in [1.807, 2.05) is 25.7 Å². The molecule has 0 aliphatic carbocycles. The van der Waals surface area contributed by atoms with E-state index >= 15 is 0 Å². The highest BCUT2D eigenvalue weighted by atomic mass is 19.4. The quantitative estimate of drug-likeness (QED) is 0.729. The van der Waals surface area contributed by atoms with Crippen molar-refractivity contribution in [3.8, 4) is 0 Å². The van der Waals surface area contributed by atoms with E-state index in [-0.39, 0.29) is 11.6 Å². The Morgan fingerprint density at radius 1 is 1.04 bits per heavy atom. The van der Waals surface area contributed by atoms with Crippen LogP contribution in [0.25, 0.3) is 11.0 Å². The monoisotopic (exact) mass is 396 g/mol. The van der Waals surface area contributed by atoms with Crippen LogP contribution >= 0.6 is 0 Å². The number of hydrogen-bond donors (Lipinski definition) is 0. The Bertz CT molecular complexity index is 885. The Kier molecular flexibility index (Phi) is 5.12. The van der Waals surface area contributed by atoms with Gasteiger partial charge in [-0.25, -0.2) is 14.8 Å². The summed E-state index contributed by atoms with van der Waals surface area (Å²) < 4.78 is 44.1. The second-order valence-corrected chi connectivity index (χ2v) is 7.79. The first-order valence-electron chi connectivity index (χ1n) is 9.02. The molecule has 9 heteroatoms. The molecular formula is C19H23F3N4O2. The highest BCUT2D eigenvalue weighted by Crippen LogP contribution is 2.31. The van der Waals surface area contributed by atoms with E-state index in [0.717, 1.165) is 12.1 Å². The SMILES string of the molecule is Cc1nc2cc(C(F)(F)F)ccc2nc1N1CCN(C(=O)OC(C)(C)C)CC1. The lowest BCUT2D eigenvalue weighted by Crippen LogP contribution is -2.50. The zero-order valence-corrected chi connectivity index (χ0v) is 16.3. The molecule has 0 spiro atoms. The molecule has 0 atom stereocenters. The van der Waals surface area contributed by atoms with Gasteiger partial charge < -0.3 is 14.5 Å². The standard InChI is InChI=1S/C19H23F3N4O2/c1-12-16(24-14-6-5-13(19(20,21)22)11-15(14)23-12)25-7-9-26(10-8-25)17(27)28-18(2,3)4/h5-6,11H,7-10H2,1-4H3. The van der Waals surface area contributed by atoms with Gasteiger partial charge in [-0.1, -0.05) is 0 Å². The summed E-state index contributed by atoms with van der Waals surface area (Å²) in [4.78, 5) is 24.6. The number of benzene rings is 1. The zero-order chi connectivity index (χ0) is 20.7. The Hall–Kier alpha value is -2.58. The lowest BCUT2D eigenvalue weighted by Gasteiger charge is -2.36. The maximum atomic E-state index is 12.9. The maximum Gasteiger partial charge on any atom is 0.416 e. The van der Waals surface area contributed by atoms with Crippen LogP contribution in [0.5, 0.6) is 0 Å². The summed E-state index contributed by atoms with van der Waals surface area (Å²) in [6.45, 7) is 9.21. The average molecular weight is 396 g/mol. The van der Waals surface area contributed by atoms with Gasteiger partial charge in [-0.05, 0) is 45.9 Å². The minimum Gasteiger partial charge on any atom is -0.444 e. The molecule has 1 aromatic carbocycles. The number of alkyl halides is 3. The van der Waals surface area contributed by atoms with Crippen molar-refractivity contribution in [3.63, 3.8) is 0 Å². The van der Waals surface area contributed by atoms with Gasteiger partial charge in [0.05, 0.1) is 22.3 Å². The maximum absolute atomic E-state index is 12.9. The highest BCUT2D eigenvalue weighted by Gasteiger charge is 2.31. The van der Waals surface area contributed by atoms with Crippen LogP contribution in [-0.2, 0) is 10.9 Å². The van der Waals surface area contributed by atoms with E-state index in [4.69, 9.17) is 4.74 Å². The van der Waals surface area contributed by atoms with Crippen molar-refractivity contribution in [2.45, 2.75) is 39.5 Å². The molecule has 6 nitrogen and oxygen atoms in total. The molecule has 2 aromatic rings. The summed E-state index contributed by atoms with van der Waals surface area (Å²) >= 11 is 0. The summed E-state index contributed by atoms with van der Waals surface area (Å²) in [5, 5.41) is 0. The van der Waals surface area contributed by atoms with E-state index < -0.39 is 17.3 Å². The van der Waals surface area contributed by atoms with Crippen molar-refractivity contribution in [3.05, 3.63) is 29.5 Å². The number of nitrogens with zero attached hydrogens (tertiary/aromatic N) is 4. The zero-order valence-electron chi connectivity index (χ0n) is 16.3. The predicted molar refractivity (Wildman–Crippen MR) is 99.3 cm³/mol. The van der Waals surface area contributed by atoms with E-state index in [1.165, 1.54) is 6.07 Å². The molecule has 1 amide bonds. The van der Waals surface area contributed by atoms with Crippen LogP contribution in [0, 0.1) is 6.92 Å². The number of carbonyl (C=O) groups is 1. The third-order valence-electron chi connectivity index (χ3n) is 4.37. The Morgan fingerprint density at radius 3 is 2.25 bits per heavy atom. The number of aromatic nitrogens is 2. The predicted octanol–water partition coefficient (Wildman–Crippen LogP) is 4.01. The fourth-order valence-corrected chi connectivity index (χ4v) is 3.04. The molecule has 1 saturated heterocycles. The topological polar surface area (TPSA) is 58.6 Å². The third kappa shape index (κ3) is 4.45. The Morgan fingerprint density at radius 2 is 1.68 bits per heavy atom. The second-order valence-electron chi connectivity index (χ2n) is 7.79. The molecule has 1 aliphatic rings. The third-order valence-corrected chi connectivity index (χ3v) is 4.37. The van der Waals surface area contributed by atoms with Crippen LogP contribution in [0.1, 0.15) is 32.0 Å². The number of rotatable bonds is 1. The highest BCUT2D eigenvalue weighted by molar-refractivity contribution is 5.77. The number of piperazine rings is 1. The van der Waals surface area contributed by atoms with Gasteiger partial charge in [0.25, 0.3) is 0 Å². The van der Waals surface area contributed by atoms with Crippen LogP contribution in [-0.4, -0.2) is 52.7 Å². The van der Waals surface area contributed by atoms with Crippen molar-refractivity contribution < 1.29 is 22.7 Å². The van der Waals surface area contributed by atoms with Gasteiger partial charge in [0.15, 0.2) is 5.82 Å². The summed E-state index contributed by atoms with van der Waals surface area (Å²) in [6, 6.07) is 3.36. The largest absolute Gasteiger partial charge is 0.444 e. The van der Waals surface area contributed by atoms with E-state index in [2.05, 4.69) is 9.97 Å². The van der Waals surface area contributed by atoms with Crippen LogP contribution in [0.15, 0.2) is 18.2 Å². The number of ether oxygens (including phenoxy) is 1. The van der Waals surface area contributed by atoms with Gasteiger partial charge in [-0.15, -0.1) is 0 Å². The number of aryl methyl sites for hydroxylation is 1. The normalized spacial score (nSPS) is 15.8. The molecule has 0 saturated carbocycles. The van der Waals surface area contributed by atoms with Gasteiger partial charge in [0.2, 0.25) is 0 Å². The summed E-state index contributed by atoms with van der Waals surface area (Å²) in [5.41, 5.74) is -0.124. The first-order chi connectivity index (χ1) is 12.9. The van der Waals surface area contributed by atoms with Crippen LogP contribution in [0.4, 0.5) is 23.8 Å². The van der Waals surface area contributed by atoms with Gasteiger partial charge in [-0.3, -0.25) is 0 Å². The van der Waals surface area contributed by atoms with E-state index in [1.54, 1.807) is 11.8 Å². The lowest BCUT2D eigenvalue weighted by molar-refractivity contribution is -0.137. The second kappa shape index (κ2) is 7.10. The van der Waals surface area contributed by atoms with Crippen molar-refractivity contribution >= 4 is 22.9 Å². The molecule has 0 bridgehead atoms. The molecule has 3 rings (SSSR count). The van der Waals surface area contributed by atoms with Crippen LogP contribution in [0.2, 0.25) is 0 Å². The number of carbonyl (C=O) groups excluding carboxylic acids is 1. The summed E-state index contributed by atoms with van der Waals surface area (Å²) in [5.74, 6) is 0.621. The average Bonchev–Trinajstić information content (AvgIpc) is 2.58. The molecular weight excluding hydrogens is 373 g/mol. The minimum atomic E-state index is -4.42. The number of hydrogen-bond acceptors (Lipinski definition) is 5. The van der Waals surface area contributed by atoms with Gasteiger partial charge >= 0.3 is 12.3 Å². The summed E-state index contributed by atoms with van der Waals surface area (Å²) in [7, 11) is 0. The van der Waals surface area contributed by atoms with E-state index in [9.17, 15) is 18.0 Å².